The van der Waals surface area contributed by atoms with E-state index in [0.717, 1.165) is 6.07 Å². The highest BCUT2D eigenvalue weighted by molar-refractivity contribution is 6.02. The Morgan fingerprint density at radius 3 is 2.90 bits per heavy atom. The summed E-state index contributed by atoms with van der Waals surface area (Å²) in [6, 6.07) is 3.42. The van der Waals surface area contributed by atoms with E-state index in [9.17, 15) is 20.0 Å². The lowest BCUT2D eigenvalue weighted by Crippen LogP contribution is -2.14. The molecule has 0 radical (unpaired) electrons. The molecule has 0 fully saturated rings. The zero-order valence-electron chi connectivity index (χ0n) is 10.5. The molecule has 0 bridgehead atoms. The van der Waals surface area contributed by atoms with Crippen LogP contribution >= 0.6 is 0 Å². The first-order chi connectivity index (χ1) is 9.51. The number of amides is 1. The van der Waals surface area contributed by atoms with Crippen molar-refractivity contribution in [3.8, 4) is 5.75 Å². The number of aromatic hydroxyl groups is 1. The molecule has 1 amide bonds. The molecule has 0 saturated carbocycles. The lowest BCUT2D eigenvalue weighted by atomic mass is 10.2. The van der Waals surface area contributed by atoms with Crippen LogP contribution in [0.25, 0.3) is 0 Å². The maximum atomic E-state index is 11.9. The van der Waals surface area contributed by atoms with Gasteiger partial charge in [-0.3, -0.25) is 20.0 Å². The van der Waals surface area contributed by atoms with Crippen molar-refractivity contribution in [2.75, 3.05) is 5.32 Å². The monoisotopic (exact) mass is 277 g/mol. The number of aromatic nitrogens is 3. The Labute approximate surface area is 112 Å². The second-order valence-electron chi connectivity index (χ2n) is 3.87. The maximum absolute atomic E-state index is 11.9. The van der Waals surface area contributed by atoms with E-state index in [4.69, 9.17) is 0 Å². The number of H-pyrrole nitrogens is 1. The van der Waals surface area contributed by atoms with E-state index in [1.807, 2.05) is 6.92 Å². The summed E-state index contributed by atoms with van der Waals surface area (Å²) in [7, 11) is 0. The van der Waals surface area contributed by atoms with Gasteiger partial charge in [-0.15, -0.1) is 5.10 Å². The Morgan fingerprint density at radius 1 is 1.55 bits per heavy atom. The summed E-state index contributed by atoms with van der Waals surface area (Å²) in [6.45, 7) is 1.84. The van der Waals surface area contributed by atoms with Crippen molar-refractivity contribution in [3.05, 3.63) is 40.0 Å². The zero-order valence-corrected chi connectivity index (χ0v) is 10.5. The normalized spacial score (nSPS) is 10.2. The van der Waals surface area contributed by atoms with Crippen LogP contribution in [-0.2, 0) is 6.42 Å². The maximum Gasteiger partial charge on any atom is 0.296 e. The van der Waals surface area contributed by atoms with Crippen molar-refractivity contribution in [1.29, 1.82) is 0 Å². The third-order valence-corrected chi connectivity index (χ3v) is 2.50. The molecule has 2 rings (SSSR count). The van der Waals surface area contributed by atoms with E-state index >= 15 is 0 Å². The second kappa shape index (κ2) is 5.34. The summed E-state index contributed by atoms with van der Waals surface area (Å²) in [5.74, 6) is -0.504. The SMILES string of the molecule is CCc1nc(C(=O)Nc2ccc(O)cc2[N+](=O)[O-])n[nH]1. The van der Waals surface area contributed by atoms with Gasteiger partial charge in [0.1, 0.15) is 17.3 Å². The fraction of sp³-hybridized carbons (Fsp3) is 0.182. The third-order valence-electron chi connectivity index (χ3n) is 2.50. The number of carbonyl (C=O) groups is 1. The lowest BCUT2D eigenvalue weighted by molar-refractivity contribution is -0.384. The zero-order chi connectivity index (χ0) is 14.7. The first kappa shape index (κ1) is 13.5. The van der Waals surface area contributed by atoms with Crippen LogP contribution in [-0.4, -0.2) is 31.1 Å². The van der Waals surface area contributed by atoms with Crippen molar-refractivity contribution in [2.24, 2.45) is 0 Å². The van der Waals surface area contributed by atoms with Gasteiger partial charge >= 0.3 is 0 Å². The van der Waals surface area contributed by atoms with Crippen LogP contribution in [0.2, 0.25) is 0 Å². The molecule has 0 saturated heterocycles. The number of nitro benzene ring substituents is 1. The van der Waals surface area contributed by atoms with E-state index in [1.54, 1.807) is 0 Å². The lowest BCUT2D eigenvalue weighted by Gasteiger charge is -2.04. The molecule has 9 nitrogen and oxygen atoms in total. The van der Waals surface area contributed by atoms with Gasteiger partial charge in [-0.05, 0) is 12.1 Å². The molecule has 3 N–H and O–H groups in total. The summed E-state index contributed by atoms with van der Waals surface area (Å²) in [5, 5.41) is 28.7. The molecule has 1 aromatic carbocycles. The minimum absolute atomic E-state index is 0.0411. The highest BCUT2D eigenvalue weighted by Gasteiger charge is 2.19. The Balaban J connectivity index is 2.25. The summed E-state index contributed by atoms with van der Waals surface area (Å²) < 4.78 is 0. The molecular weight excluding hydrogens is 266 g/mol. The Morgan fingerprint density at radius 2 is 2.30 bits per heavy atom. The van der Waals surface area contributed by atoms with Crippen molar-refractivity contribution in [2.45, 2.75) is 13.3 Å². The molecular formula is C11H11N5O4. The van der Waals surface area contributed by atoms with E-state index in [2.05, 4.69) is 20.5 Å². The van der Waals surface area contributed by atoms with Gasteiger partial charge in [0.05, 0.1) is 11.0 Å². The van der Waals surface area contributed by atoms with Gasteiger partial charge in [0.25, 0.3) is 11.6 Å². The van der Waals surface area contributed by atoms with Crippen LogP contribution < -0.4 is 5.32 Å². The number of aryl methyl sites for hydroxylation is 1. The highest BCUT2D eigenvalue weighted by atomic mass is 16.6. The number of hydrogen-bond donors (Lipinski definition) is 3. The van der Waals surface area contributed by atoms with Gasteiger partial charge in [-0.2, -0.15) is 0 Å². The predicted octanol–water partition coefficient (Wildman–Crippen LogP) is 1.23. The van der Waals surface area contributed by atoms with Gasteiger partial charge in [-0.25, -0.2) is 4.98 Å². The number of phenols is 1. The summed E-state index contributed by atoms with van der Waals surface area (Å²) in [6.07, 6.45) is 0.583. The Bertz CT molecular complexity index is 667. The van der Waals surface area contributed by atoms with Gasteiger partial charge in [0.15, 0.2) is 0 Å². The second-order valence-corrected chi connectivity index (χ2v) is 3.87. The predicted molar refractivity (Wildman–Crippen MR) is 68.5 cm³/mol. The summed E-state index contributed by atoms with van der Waals surface area (Å²) >= 11 is 0. The standard InChI is InChI=1S/C11H11N5O4/c1-2-9-13-10(15-14-9)11(18)12-7-4-3-6(17)5-8(7)16(19)20/h3-5,17H,2H2,1H3,(H,12,18)(H,13,14,15). The van der Waals surface area contributed by atoms with E-state index in [0.29, 0.717) is 12.2 Å². The largest absolute Gasteiger partial charge is 0.508 e. The Hall–Kier alpha value is -2.97. The molecule has 9 heteroatoms. The number of benzene rings is 1. The van der Waals surface area contributed by atoms with Crippen LogP contribution in [0.5, 0.6) is 5.75 Å². The van der Waals surface area contributed by atoms with E-state index in [1.165, 1.54) is 12.1 Å². The molecule has 2 aromatic rings. The fourth-order valence-corrected chi connectivity index (χ4v) is 1.51. The van der Waals surface area contributed by atoms with Crippen molar-refractivity contribution in [3.63, 3.8) is 0 Å². The molecule has 0 atom stereocenters. The summed E-state index contributed by atoms with van der Waals surface area (Å²) in [5.41, 5.74) is -0.453. The fourth-order valence-electron chi connectivity index (χ4n) is 1.51. The number of nitrogens with one attached hydrogen (secondary N) is 2. The average molecular weight is 277 g/mol. The molecule has 0 aliphatic heterocycles. The van der Waals surface area contributed by atoms with Crippen LogP contribution in [0.15, 0.2) is 18.2 Å². The van der Waals surface area contributed by atoms with Gasteiger partial charge in [0, 0.05) is 6.42 Å². The minimum atomic E-state index is -0.704. The highest BCUT2D eigenvalue weighted by Crippen LogP contribution is 2.28. The Kier molecular flexibility index (Phi) is 3.60. The van der Waals surface area contributed by atoms with Gasteiger partial charge in [0.2, 0.25) is 5.82 Å². The topological polar surface area (TPSA) is 134 Å². The molecule has 1 heterocycles. The minimum Gasteiger partial charge on any atom is -0.508 e. The quantitative estimate of drug-likeness (QED) is 0.437. The van der Waals surface area contributed by atoms with Crippen LogP contribution in [0.4, 0.5) is 11.4 Å². The number of nitro groups is 1. The number of hydrogen-bond acceptors (Lipinski definition) is 6. The first-order valence-corrected chi connectivity index (χ1v) is 5.71. The van der Waals surface area contributed by atoms with Gasteiger partial charge < -0.3 is 10.4 Å². The molecule has 20 heavy (non-hydrogen) atoms. The number of rotatable bonds is 4. The van der Waals surface area contributed by atoms with Crippen molar-refractivity contribution in [1.82, 2.24) is 15.2 Å². The van der Waals surface area contributed by atoms with Crippen LogP contribution in [0.1, 0.15) is 23.4 Å². The number of anilines is 1. The smallest absolute Gasteiger partial charge is 0.296 e. The molecule has 104 valence electrons. The van der Waals surface area contributed by atoms with Crippen LogP contribution in [0, 0.1) is 10.1 Å². The molecule has 0 unspecified atom stereocenters. The molecule has 0 spiro atoms. The molecule has 0 aliphatic carbocycles. The van der Waals surface area contributed by atoms with Gasteiger partial charge in [-0.1, -0.05) is 6.92 Å². The summed E-state index contributed by atoms with van der Waals surface area (Å²) in [4.78, 5) is 25.9. The number of aromatic amines is 1. The number of phenolic OH excluding ortho intramolecular Hbond substituents is 1. The number of carbonyl (C=O) groups excluding carboxylic acids is 1. The van der Waals surface area contributed by atoms with E-state index < -0.39 is 16.5 Å². The third kappa shape index (κ3) is 2.71. The van der Waals surface area contributed by atoms with E-state index in [-0.39, 0.29) is 17.3 Å². The van der Waals surface area contributed by atoms with Crippen molar-refractivity contribution >= 4 is 17.3 Å². The average Bonchev–Trinajstić information content (AvgIpc) is 2.89. The number of nitrogens with zero attached hydrogens (tertiary/aromatic N) is 3. The first-order valence-electron chi connectivity index (χ1n) is 5.71. The van der Waals surface area contributed by atoms with Crippen LogP contribution in [0.3, 0.4) is 0 Å². The molecule has 0 aliphatic rings. The van der Waals surface area contributed by atoms with Crippen molar-refractivity contribution < 1.29 is 14.8 Å². The molecule has 1 aromatic heterocycles.